The molecule has 2 aromatic carbocycles. The Hall–Kier alpha value is -3.62. The maximum Gasteiger partial charge on any atom is 0.242 e. The highest BCUT2D eigenvalue weighted by Crippen LogP contribution is 2.41. The maximum absolute atomic E-state index is 14.7. The number of hydrogen-bond acceptors (Lipinski definition) is 4. The van der Waals surface area contributed by atoms with Crippen molar-refractivity contribution in [2.75, 3.05) is 26.7 Å². The summed E-state index contributed by atoms with van der Waals surface area (Å²) in [6.07, 6.45) is -0.734. The molecule has 0 unspecified atom stereocenters. The molecule has 4 amide bonds. The Morgan fingerprint density at radius 3 is 2.39 bits per heavy atom. The van der Waals surface area contributed by atoms with Crippen LogP contribution in [0.25, 0.3) is 0 Å². The molecule has 0 spiro atoms. The topological polar surface area (TPSA) is 78.0 Å². The van der Waals surface area contributed by atoms with Crippen LogP contribution in [-0.2, 0) is 31.1 Å². The fourth-order valence-electron chi connectivity index (χ4n) is 4.49. The van der Waals surface area contributed by atoms with Gasteiger partial charge >= 0.3 is 0 Å². The Balaban J connectivity index is 1.51. The molecule has 1 atom stereocenters. The lowest BCUT2D eigenvalue weighted by Crippen LogP contribution is -2.53. The lowest BCUT2D eigenvalue weighted by Gasteiger charge is -2.36. The van der Waals surface area contributed by atoms with Crippen LogP contribution in [0.4, 0.5) is 8.78 Å². The van der Waals surface area contributed by atoms with Gasteiger partial charge in [-0.2, -0.15) is 0 Å². The van der Waals surface area contributed by atoms with E-state index in [1.54, 1.807) is 18.2 Å². The van der Waals surface area contributed by atoms with Crippen molar-refractivity contribution in [3.8, 4) is 0 Å². The van der Waals surface area contributed by atoms with Crippen LogP contribution in [0, 0.1) is 11.6 Å². The Bertz CT molecular complexity index is 1140. The van der Waals surface area contributed by atoms with Gasteiger partial charge in [0.2, 0.25) is 23.6 Å². The number of benzene rings is 2. The highest BCUT2D eigenvalue weighted by atomic mass is 19.1. The van der Waals surface area contributed by atoms with Crippen LogP contribution >= 0.6 is 0 Å². The van der Waals surface area contributed by atoms with E-state index in [1.165, 1.54) is 47.2 Å². The summed E-state index contributed by atoms with van der Waals surface area (Å²) in [5, 5.41) is 0. The van der Waals surface area contributed by atoms with E-state index >= 15 is 0 Å². The molecular weight excluding hydrogens is 432 g/mol. The fourth-order valence-corrected chi connectivity index (χ4v) is 4.49. The van der Waals surface area contributed by atoms with Crippen molar-refractivity contribution in [1.82, 2.24) is 14.7 Å². The molecule has 4 rings (SSSR count). The van der Waals surface area contributed by atoms with Gasteiger partial charge < -0.3 is 9.80 Å². The lowest BCUT2D eigenvalue weighted by molar-refractivity contribution is -0.147. The van der Waals surface area contributed by atoms with E-state index < -0.39 is 41.2 Å². The second-order valence-electron chi connectivity index (χ2n) is 8.43. The molecule has 2 aromatic rings. The molecule has 2 aliphatic heterocycles. The molecule has 0 saturated carbocycles. The van der Waals surface area contributed by atoms with Gasteiger partial charge in [0.25, 0.3) is 0 Å². The average Bonchev–Trinajstić information content (AvgIpc) is 2.99. The number of likely N-dealkylation sites (tertiary alicyclic amines) is 1. The van der Waals surface area contributed by atoms with Crippen molar-refractivity contribution in [3.05, 3.63) is 71.3 Å². The van der Waals surface area contributed by atoms with Gasteiger partial charge in [0.05, 0.1) is 12.0 Å². The number of carbonyl (C=O) groups is 4. The van der Waals surface area contributed by atoms with Gasteiger partial charge in [0, 0.05) is 45.1 Å². The molecule has 2 fully saturated rings. The van der Waals surface area contributed by atoms with Crippen LogP contribution in [-0.4, -0.2) is 65.0 Å². The summed E-state index contributed by atoms with van der Waals surface area (Å²) in [5.41, 5.74) is -1.01. The number of piperazine rings is 1. The Morgan fingerprint density at radius 2 is 1.76 bits per heavy atom. The maximum atomic E-state index is 14.7. The first-order valence-electron chi connectivity index (χ1n) is 10.6. The molecule has 0 N–H and O–H groups in total. The molecule has 172 valence electrons. The summed E-state index contributed by atoms with van der Waals surface area (Å²) in [5.74, 6) is -3.02. The van der Waals surface area contributed by atoms with Gasteiger partial charge in [0.1, 0.15) is 11.6 Å². The molecule has 7 nitrogen and oxygen atoms in total. The molecule has 0 radical (unpaired) electrons. The van der Waals surface area contributed by atoms with E-state index in [4.69, 9.17) is 0 Å². The van der Waals surface area contributed by atoms with Gasteiger partial charge in [-0.15, -0.1) is 0 Å². The van der Waals surface area contributed by atoms with Crippen molar-refractivity contribution in [2.24, 2.45) is 0 Å². The highest BCUT2D eigenvalue weighted by Gasteiger charge is 2.54. The smallest absolute Gasteiger partial charge is 0.242 e. The normalized spacial score (nSPS) is 21.2. The molecular formula is C24H23F2N3O4. The molecule has 9 heteroatoms. The van der Waals surface area contributed by atoms with Crippen LogP contribution in [0.1, 0.15) is 24.0 Å². The Labute approximate surface area is 189 Å². The average molecular weight is 455 g/mol. The van der Waals surface area contributed by atoms with E-state index in [-0.39, 0.29) is 44.1 Å². The molecule has 0 aromatic heterocycles. The summed E-state index contributed by atoms with van der Waals surface area (Å²) in [6.45, 7) is 0.459. The second kappa shape index (κ2) is 8.73. The number of carbonyl (C=O) groups excluding carboxylic acids is 4. The Morgan fingerprint density at radius 1 is 1.00 bits per heavy atom. The third kappa shape index (κ3) is 4.22. The summed E-state index contributed by atoms with van der Waals surface area (Å²) in [4.78, 5) is 54.9. The van der Waals surface area contributed by atoms with Crippen LogP contribution in [0.5, 0.6) is 0 Å². The quantitative estimate of drug-likeness (QED) is 0.645. The zero-order valence-corrected chi connectivity index (χ0v) is 18.1. The zero-order chi connectivity index (χ0) is 23.8. The van der Waals surface area contributed by atoms with E-state index in [9.17, 15) is 28.0 Å². The van der Waals surface area contributed by atoms with Crippen molar-refractivity contribution < 1.29 is 28.0 Å². The first kappa shape index (κ1) is 22.6. The molecule has 0 bridgehead atoms. The zero-order valence-electron chi connectivity index (χ0n) is 18.1. The van der Waals surface area contributed by atoms with Gasteiger partial charge in [-0.1, -0.05) is 30.3 Å². The van der Waals surface area contributed by atoms with Crippen LogP contribution in [0.3, 0.4) is 0 Å². The Kier molecular flexibility index (Phi) is 5.97. The van der Waals surface area contributed by atoms with Gasteiger partial charge in [-0.3, -0.25) is 24.1 Å². The predicted octanol–water partition coefficient (Wildman–Crippen LogP) is 1.85. The molecule has 2 heterocycles. The number of imide groups is 1. The summed E-state index contributed by atoms with van der Waals surface area (Å²) in [6, 6.07) is 11.6. The highest BCUT2D eigenvalue weighted by molar-refractivity contribution is 6.10. The molecule has 2 saturated heterocycles. The largest absolute Gasteiger partial charge is 0.335 e. The van der Waals surface area contributed by atoms with Gasteiger partial charge in [-0.25, -0.2) is 8.78 Å². The van der Waals surface area contributed by atoms with Gasteiger partial charge in [0.15, 0.2) is 0 Å². The van der Waals surface area contributed by atoms with E-state index in [2.05, 4.69) is 0 Å². The minimum atomic E-state index is -1.64. The summed E-state index contributed by atoms with van der Waals surface area (Å²) in [7, 11) is 1.31. The van der Waals surface area contributed by atoms with E-state index in [0.717, 1.165) is 4.90 Å². The van der Waals surface area contributed by atoms with Crippen molar-refractivity contribution >= 4 is 23.6 Å². The first-order chi connectivity index (χ1) is 15.7. The van der Waals surface area contributed by atoms with E-state index in [1.807, 2.05) is 0 Å². The summed E-state index contributed by atoms with van der Waals surface area (Å²) >= 11 is 0. The molecule has 2 aliphatic rings. The summed E-state index contributed by atoms with van der Waals surface area (Å²) < 4.78 is 28.1. The van der Waals surface area contributed by atoms with Gasteiger partial charge in [-0.05, 0) is 23.8 Å². The first-order valence-corrected chi connectivity index (χ1v) is 10.6. The van der Waals surface area contributed by atoms with Crippen molar-refractivity contribution in [2.45, 2.75) is 24.8 Å². The lowest BCUT2D eigenvalue weighted by atomic mass is 9.75. The third-order valence-corrected chi connectivity index (χ3v) is 6.32. The number of halogens is 2. The van der Waals surface area contributed by atoms with Crippen molar-refractivity contribution in [3.63, 3.8) is 0 Å². The van der Waals surface area contributed by atoms with Crippen LogP contribution < -0.4 is 0 Å². The second-order valence-corrected chi connectivity index (χ2v) is 8.43. The number of hydrogen-bond donors (Lipinski definition) is 0. The minimum Gasteiger partial charge on any atom is -0.335 e. The number of rotatable bonds is 5. The minimum absolute atomic E-state index is 0.00267. The standard InChI is InChI=1S/C24H23F2N3O4/c1-27-20(30)12-24(23(27)33,18-7-2-3-8-19(18)26)13-21(31)29-10-9-28(22(32)15-29)14-16-5-4-6-17(25)11-16/h2-8,11H,9-10,12-15H2,1H3/t24-/m1/s1. The van der Waals surface area contributed by atoms with Crippen molar-refractivity contribution in [1.29, 1.82) is 0 Å². The monoisotopic (exact) mass is 455 g/mol. The third-order valence-electron chi connectivity index (χ3n) is 6.32. The predicted molar refractivity (Wildman–Crippen MR) is 113 cm³/mol. The number of nitrogens with zero attached hydrogens (tertiary/aromatic N) is 3. The fraction of sp³-hybridized carbons (Fsp3) is 0.333. The van der Waals surface area contributed by atoms with E-state index in [0.29, 0.717) is 5.56 Å². The number of likely N-dealkylation sites (N-methyl/N-ethyl adjacent to an activating group) is 1. The van der Waals surface area contributed by atoms with Crippen LogP contribution in [0.15, 0.2) is 48.5 Å². The SMILES string of the molecule is CN1C(=O)C[C@@](CC(=O)N2CCN(Cc3cccc(F)c3)C(=O)C2)(c2ccccc2F)C1=O. The molecule has 33 heavy (non-hydrogen) atoms. The van der Waals surface area contributed by atoms with Crippen LogP contribution in [0.2, 0.25) is 0 Å². The molecule has 0 aliphatic carbocycles. The number of amides is 4.